The minimum atomic E-state index is -3.82. The highest BCUT2D eigenvalue weighted by Gasteiger charge is 2.17. The number of nitrogens with one attached hydrogen (secondary N) is 2. The topological polar surface area (TPSA) is 102 Å². The molecule has 9 heteroatoms. The summed E-state index contributed by atoms with van der Waals surface area (Å²) in [5.74, 6) is -0.988. The molecule has 31 heavy (non-hydrogen) atoms. The average molecular weight is 459 g/mol. The number of ether oxygens (including phenoxy) is 1. The van der Waals surface area contributed by atoms with Gasteiger partial charge in [0.1, 0.15) is 0 Å². The number of amides is 1. The van der Waals surface area contributed by atoms with E-state index in [1.807, 2.05) is 0 Å². The molecule has 0 aliphatic rings. The number of hydrogen-bond donors (Lipinski definition) is 2. The van der Waals surface area contributed by atoms with Gasteiger partial charge in [0.15, 0.2) is 0 Å². The number of benzene rings is 3. The van der Waals surface area contributed by atoms with Crippen LogP contribution in [-0.2, 0) is 14.8 Å². The Balaban J connectivity index is 1.80. The van der Waals surface area contributed by atoms with E-state index < -0.39 is 21.9 Å². The summed E-state index contributed by atoms with van der Waals surface area (Å²) >= 11 is 6.22. The molecule has 0 saturated carbocycles. The number of sulfonamides is 1. The van der Waals surface area contributed by atoms with Gasteiger partial charge in [0.25, 0.3) is 15.9 Å². The summed E-state index contributed by atoms with van der Waals surface area (Å²) in [4.78, 5) is 24.5. The predicted octanol–water partition coefficient (Wildman–Crippen LogP) is 4.49. The van der Waals surface area contributed by atoms with E-state index in [4.69, 9.17) is 16.3 Å². The van der Waals surface area contributed by atoms with E-state index in [2.05, 4.69) is 10.0 Å². The van der Waals surface area contributed by atoms with Gasteiger partial charge in [0, 0.05) is 11.3 Å². The van der Waals surface area contributed by atoms with Crippen LogP contribution in [-0.4, -0.2) is 27.4 Å². The maximum Gasteiger partial charge on any atom is 0.337 e. The van der Waals surface area contributed by atoms with Crippen molar-refractivity contribution in [3.63, 3.8) is 0 Å². The minimum Gasteiger partial charge on any atom is -0.465 e. The molecule has 160 valence electrons. The molecule has 0 fully saturated rings. The summed E-state index contributed by atoms with van der Waals surface area (Å²) in [6.07, 6.45) is 0. The first-order valence-corrected chi connectivity index (χ1v) is 10.9. The second kappa shape index (κ2) is 9.20. The number of methoxy groups -OCH3 is 1. The zero-order valence-corrected chi connectivity index (χ0v) is 18.3. The number of hydrogen-bond acceptors (Lipinski definition) is 5. The first-order chi connectivity index (χ1) is 14.7. The van der Waals surface area contributed by atoms with E-state index in [0.29, 0.717) is 11.3 Å². The van der Waals surface area contributed by atoms with Crippen LogP contribution in [0.25, 0.3) is 0 Å². The summed E-state index contributed by atoms with van der Waals surface area (Å²) in [5, 5.41) is 2.78. The zero-order valence-electron chi connectivity index (χ0n) is 16.7. The van der Waals surface area contributed by atoms with Gasteiger partial charge < -0.3 is 10.1 Å². The molecule has 2 N–H and O–H groups in total. The molecule has 0 radical (unpaired) electrons. The van der Waals surface area contributed by atoms with Gasteiger partial charge in [-0.05, 0) is 55.0 Å². The monoisotopic (exact) mass is 458 g/mol. The second-order valence-electron chi connectivity index (χ2n) is 6.59. The van der Waals surface area contributed by atoms with Crippen molar-refractivity contribution < 1.29 is 22.7 Å². The molecule has 0 heterocycles. The Morgan fingerprint density at radius 2 is 1.58 bits per heavy atom. The van der Waals surface area contributed by atoms with E-state index in [1.165, 1.54) is 43.5 Å². The quantitative estimate of drug-likeness (QED) is 0.530. The van der Waals surface area contributed by atoms with E-state index in [1.54, 1.807) is 37.3 Å². The number of aryl methyl sites for hydroxylation is 1. The Labute approximate surface area is 185 Å². The molecule has 0 atom stereocenters. The summed E-state index contributed by atoms with van der Waals surface area (Å²) in [7, 11) is -2.54. The molecule has 3 aromatic carbocycles. The molecule has 0 aliphatic carbocycles. The molecular formula is C22H19ClN2O5S. The number of anilines is 2. The van der Waals surface area contributed by atoms with Crippen molar-refractivity contribution in [2.24, 2.45) is 0 Å². The van der Waals surface area contributed by atoms with E-state index in [-0.39, 0.29) is 21.2 Å². The standard InChI is InChI=1S/C22H19ClN2O5S/c1-14-8-9-16(22(27)30-2)13-20(14)24-21(26)15-10-11-19(18(23)12-15)25-31(28,29)17-6-4-3-5-7-17/h3-13,25H,1-2H3,(H,24,26). The number of halogens is 1. The van der Waals surface area contributed by atoms with Gasteiger partial charge in [0.2, 0.25) is 0 Å². The molecule has 3 rings (SSSR count). The van der Waals surface area contributed by atoms with E-state index in [9.17, 15) is 18.0 Å². The third kappa shape index (κ3) is 5.22. The van der Waals surface area contributed by atoms with Gasteiger partial charge in [-0.15, -0.1) is 0 Å². The van der Waals surface area contributed by atoms with Crippen molar-refractivity contribution in [3.05, 3.63) is 88.4 Å². The van der Waals surface area contributed by atoms with Crippen LogP contribution in [0.15, 0.2) is 71.6 Å². The first-order valence-electron chi connectivity index (χ1n) is 9.09. The second-order valence-corrected chi connectivity index (χ2v) is 8.68. The van der Waals surface area contributed by atoms with Gasteiger partial charge in [-0.25, -0.2) is 13.2 Å². The average Bonchev–Trinajstić information content (AvgIpc) is 2.76. The molecule has 0 aliphatic heterocycles. The smallest absolute Gasteiger partial charge is 0.337 e. The third-order valence-electron chi connectivity index (χ3n) is 4.44. The van der Waals surface area contributed by atoms with Crippen LogP contribution < -0.4 is 10.0 Å². The minimum absolute atomic E-state index is 0.0622. The van der Waals surface area contributed by atoms with Crippen molar-refractivity contribution in [1.29, 1.82) is 0 Å². The van der Waals surface area contributed by atoms with Gasteiger partial charge in [-0.2, -0.15) is 0 Å². The maximum atomic E-state index is 12.7. The number of rotatable bonds is 6. The van der Waals surface area contributed by atoms with Crippen LogP contribution in [0.1, 0.15) is 26.3 Å². The Morgan fingerprint density at radius 1 is 0.903 bits per heavy atom. The SMILES string of the molecule is COC(=O)c1ccc(C)c(NC(=O)c2ccc(NS(=O)(=O)c3ccccc3)c(Cl)c2)c1. The Hall–Kier alpha value is -3.36. The fraction of sp³-hybridized carbons (Fsp3) is 0.0909. The molecule has 0 spiro atoms. The van der Waals surface area contributed by atoms with Crippen molar-refractivity contribution >= 4 is 44.9 Å². The van der Waals surface area contributed by atoms with Crippen LogP contribution in [0, 0.1) is 6.92 Å². The molecular weight excluding hydrogens is 440 g/mol. The molecule has 0 saturated heterocycles. The Kier molecular flexibility index (Phi) is 6.62. The van der Waals surface area contributed by atoms with Crippen molar-refractivity contribution in [1.82, 2.24) is 0 Å². The van der Waals surface area contributed by atoms with E-state index >= 15 is 0 Å². The Morgan fingerprint density at radius 3 is 2.23 bits per heavy atom. The number of esters is 1. The largest absolute Gasteiger partial charge is 0.465 e. The van der Waals surface area contributed by atoms with Gasteiger partial charge in [-0.1, -0.05) is 35.9 Å². The molecule has 7 nitrogen and oxygen atoms in total. The first kappa shape index (κ1) is 22.3. The van der Waals surface area contributed by atoms with Gasteiger partial charge in [0.05, 0.1) is 28.3 Å². The maximum absolute atomic E-state index is 12.7. The summed E-state index contributed by atoms with van der Waals surface area (Å²) in [6.45, 7) is 1.78. The van der Waals surface area contributed by atoms with Crippen molar-refractivity contribution in [2.75, 3.05) is 17.1 Å². The molecule has 1 amide bonds. The lowest BCUT2D eigenvalue weighted by molar-refractivity contribution is 0.0600. The third-order valence-corrected chi connectivity index (χ3v) is 6.13. The predicted molar refractivity (Wildman–Crippen MR) is 119 cm³/mol. The molecule has 3 aromatic rings. The van der Waals surface area contributed by atoms with Gasteiger partial charge >= 0.3 is 5.97 Å². The van der Waals surface area contributed by atoms with Crippen LogP contribution in [0.2, 0.25) is 5.02 Å². The fourth-order valence-electron chi connectivity index (χ4n) is 2.74. The lowest BCUT2D eigenvalue weighted by Crippen LogP contribution is -2.15. The lowest BCUT2D eigenvalue weighted by Gasteiger charge is -2.12. The highest BCUT2D eigenvalue weighted by atomic mass is 35.5. The van der Waals surface area contributed by atoms with E-state index in [0.717, 1.165) is 5.56 Å². The highest BCUT2D eigenvalue weighted by Crippen LogP contribution is 2.27. The molecule has 0 bridgehead atoms. The van der Waals surface area contributed by atoms with Gasteiger partial charge in [-0.3, -0.25) is 9.52 Å². The number of carbonyl (C=O) groups excluding carboxylic acids is 2. The summed E-state index contributed by atoms with van der Waals surface area (Å²) in [5.41, 5.74) is 1.85. The van der Waals surface area contributed by atoms with Crippen LogP contribution in [0.3, 0.4) is 0 Å². The lowest BCUT2D eigenvalue weighted by atomic mass is 10.1. The highest BCUT2D eigenvalue weighted by molar-refractivity contribution is 7.92. The van der Waals surface area contributed by atoms with Crippen molar-refractivity contribution in [2.45, 2.75) is 11.8 Å². The zero-order chi connectivity index (χ0) is 22.6. The number of carbonyl (C=O) groups is 2. The Bertz CT molecular complexity index is 1240. The normalized spacial score (nSPS) is 10.9. The van der Waals surface area contributed by atoms with Crippen molar-refractivity contribution in [3.8, 4) is 0 Å². The molecule has 0 unspecified atom stereocenters. The molecule has 0 aromatic heterocycles. The summed E-state index contributed by atoms with van der Waals surface area (Å²) in [6, 6.07) is 16.9. The van der Waals surface area contributed by atoms with Crippen LogP contribution in [0.5, 0.6) is 0 Å². The summed E-state index contributed by atoms with van der Waals surface area (Å²) < 4.78 is 32.1. The van der Waals surface area contributed by atoms with Crippen LogP contribution >= 0.6 is 11.6 Å². The fourth-order valence-corrected chi connectivity index (χ4v) is 4.12. The van der Waals surface area contributed by atoms with Crippen LogP contribution in [0.4, 0.5) is 11.4 Å².